The molecule has 2 aliphatic heterocycles. The first-order valence-electron chi connectivity index (χ1n) is 8.31. The lowest BCUT2D eigenvalue weighted by molar-refractivity contribution is 0.769. The highest BCUT2D eigenvalue weighted by molar-refractivity contribution is 8.03. The van der Waals surface area contributed by atoms with Gasteiger partial charge in [0.2, 0.25) is 0 Å². The largest absolute Gasteiger partial charge is 0.314 e. The van der Waals surface area contributed by atoms with E-state index >= 15 is 0 Å². The molecule has 0 unspecified atom stereocenters. The van der Waals surface area contributed by atoms with Crippen molar-refractivity contribution in [3.8, 4) is 0 Å². The molecular weight excluding hydrogens is 360 g/mol. The Morgan fingerprint density at radius 2 is 1.12 bits per heavy atom. The van der Waals surface area contributed by atoms with Crippen molar-refractivity contribution >= 4 is 45.6 Å². The van der Waals surface area contributed by atoms with E-state index in [4.69, 9.17) is 0 Å². The van der Waals surface area contributed by atoms with E-state index in [1.54, 1.807) is 23.5 Å². The molecule has 0 saturated heterocycles. The van der Waals surface area contributed by atoms with Gasteiger partial charge in [-0.1, -0.05) is 60.9 Å². The molecule has 2 aromatic heterocycles. The lowest BCUT2D eigenvalue weighted by Crippen LogP contribution is -1.90. The number of nitrogens with zero attached hydrogens (tertiary/aromatic N) is 4. The molecule has 0 amide bonds. The number of allylic oxidation sites excluding steroid dienone is 2. The minimum atomic E-state index is 0.903. The highest BCUT2D eigenvalue weighted by Crippen LogP contribution is 2.37. The van der Waals surface area contributed by atoms with Crippen LogP contribution in [0.5, 0.6) is 0 Å². The van der Waals surface area contributed by atoms with Crippen molar-refractivity contribution in [1.29, 1.82) is 0 Å². The summed E-state index contributed by atoms with van der Waals surface area (Å²) in [5.41, 5.74) is 4.59. The van der Waals surface area contributed by atoms with Crippen LogP contribution in [0.1, 0.15) is 0 Å². The average Bonchev–Trinajstić information content (AvgIpc) is 3.34. The predicted octanol–water partition coefficient (Wildman–Crippen LogP) is 5.31. The molecule has 4 aromatic rings. The van der Waals surface area contributed by atoms with Crippen LogP contribution in [0.4, 0.5) is 0 Å². The molecule has 2 aliphatic rings. The fourth-order valence-electron chi connectivity index (χ4n) is 3.24. The second-order valence-electron chi connectivity index (χ2n) is 6.22. The summed E-state index contributed by atoms with van der Waals surface area (Å²) in [5, 5.41) is 2.15. The third-order valence-corrected chi connectivity index (χ3v) is 6.20. The number of rotatable bonds is 0. The van der Waals surface area contributed by atoms with E-state index in [-0.39, 0.29) is 0 Å². The van der Waals surface area contributed by atoms with Crippen molar-refractivity contribution in [3.63, 3.8) is 0 Å². The van der Waals surface area contributed by atoms with E-state index in [0.717, 1.165) is 34.4 Å². The number of para-hydroxylation sites is 4. The summed E-state index contributed by atoms with van der Waals surface area (Å²) in [4.78, 5) is 11.4. The Hall–Kier alpha value is -2.44. The van der Waals surface area contributed by atoms with Gasteiger partial charge in [-0.2, -0.15) is 0 Å². The van der Waals surface area contributed by atoms with Gasteiger partial charge in [0.25, 0.3) is 0 Å². The van der Waals surface area contributed by atoms with Crippen LogP contribution in [0.3, 0.4) is 0 Å². The Kier molecular flexibility index (Phi) is 3.69. The van der Waals surface area contributed by atoms with Crippen molar-refractivity contribution in [2.75, 3.05) is 0 Å². The summed E-state index contributed by atoms with van der Waals surface area (Å²) in [7, 11) is 0. The van der Waals surface area contributed by atoms with Gasteiger partial charge < -0.3 is 9.13 Å². The first-order chi connectivity index (χ1) is 12.7. The second kappa shape index (κ2) is 6.07. The number of fused-ring (bicyclic) bond motifs is 6. The van der Waals surface area contributed by atoms with Crippen molar-refractivity contribution in [2.24, 2.45) is 0 Å². The van der Waals surface area contributed by atoms with E-state index in [2.05, 4.69) is 44.4 Å². The fourth-order valence-corrected chi connectivity index (χ4v) is 4.98. The number of aromatic nitrogens is 4. The summed E-state index contributed by atoms with van der Waals surface area (Å²) < 4.78 is 4.42. The molecule has 2 aromatic carbocycles. The minimum absolute atomic E-state index is 0.903. The number of benzene rings is 2. The predicted molar refractivity (Wildman–Crippen MR) is 109 cm³/mol. The van der Waals surface area contributed by atoms with Crippen molar-refractivity contribution < 1.29 is 0 Å². The molecular formula is C20H16N4S2. The Bertz CT molecular complexity index is 1090. The summed E-state index contributed by atoms with van der Waals surface area (Å²) in [6, 6.07) is 16.4. The van der Waals surface area contributed by atoms with Crippen LogP contribution in [-0.4, -0.2) is 19.1 Å². The summed E-state index contributed by atoms with van der Waals surface area (Å²) in [5.74, 6) is 0. The third-order valence-electron chi connectivity index (χ3n) is 4.38. The highest BCUT2D eigenvalue weighted by atomic mass is 32.2. The molecule has 26 heavy (non-hydrogen) atoms. The van der Waals surface area contributed by atoms with Crippen LogP contribution in [-0.2, 0) is 13.1 Å². The normalized spacial score (nSPS) is 15.2. The monoisotopic (exact) mass is 376 g/mol. The zero-order valence-electron chi connectivity index (χ0n) is 14.1. The lowest BCUT2D eigenvalue weighted by atomic mass is 10.3. The molecule has 0 spiro atoms. The van der Waals surface area contributed by atoms with Crippen LogP contribution in [0.2, 0.25) is 0 Å². The van der Waals surface area contributed by atoms with Crippen LogP contribution in [0.15, 0.2) is 81.8 Å². The molecule has 0 saturated carbocycles. The number of thioether (sulfide) groups is 2. The van der Waals surface area contributed by atoms with Crippen molar-refractivity contribution in [2.45, 2.75) is 23.4 Å². The highest BCUT2D eigenvalue weighted by Gasteiger charge is 2.19. The molecule has 6 rings (SSSR count). The zero-order chi connectivity index (χ0) is 17.7. The van der Waals surface area contributed by atoms with Gasteiger partial charge in [-0.05, 0) is 24.3 Å². The van der Waals surface area contributed by atoms with Crippen molar-refractivity contribution in [1.82, 2.24) is 19.1 Å². The molecule has 0 radical (unpaired) electrons. The summed E-state index contributed by atoms with van der Waals surface area (Å²) in [6.07, 6.45) is 0. The maximum Gasteiger partial charge on any atom is 0.173 e. The van der Waals surface area contributed by atoms with Crippen LogP contribution in [0, 0.1) is 0 Å². The Morgan fingerprint density at radius 1 is 0.692 bits per heavy atom. The zero-order valence-corrected chi connectivity index (χ0v) is 15.7. The van der Waals surface area contributed by atoms with E-state index in [1.807, 2.05) is 36.4 Å². The number of imidazole rings is 2. The molecule has 4 heterocycles. The minimum Gasteiger partial charge on any atom is -0.314 e. The summed E-state index contributed by atoms with van der Waals surface area (Å²) in [6.45, 7) is 9.71. The van der Waals surface area contributed by atoms with Crippen LogP contribution < -0.4 is 0 Å². The molecule has 6 heteroatoms. The van der Waals surface area contributed by atoms with Gasteiger partial charge >= 0.3 is 0 Å². The topological polar surface area (TPSA) is 35.6 Å². The lowest BCUT2D eigenvalue weighted by Gasteiger charge is -1.95. The van der Waals surface area contributed by atoms with E-state index < -0.39 is 0 Å². The van der Waals surface area contributed by atoms with Gasteiger partial charge in [0.05, 0.1) is 35.2 Å². The van der Waals surface area contributed by atoms with Gasteiger partial charge in [0.1, 0.15) is 0 Å². The van der Waals surface area contributed by atoms with Gasteiger partial charge in [0.15, 0.2) is 10.3 Å². The van der Waals surface area contributed by atoms with E-state index in [1.165, 1.54) is 20.8 Å². The Morgan fingerprint density at radius 3 is 1.58 bits per heavy atom. The molecule has 0 fully saturated rings. The molecule has 4 nitrogen and oxygen atoms in total. The van der Waals surface area contributed by atoms with Crippen molar-refractivity contribution in [3.05, 3.63) is 71.5 Å². The first-order valence-corrected chi connectivity index (χ1v) is 9.94. The quantitative estimate of drug-likeness (QED) is 0.417. The van der Waals surface area contributed by atoms with E-state index in [9.17, 15) is 0 Å². The standard InChI is InChI=1S/2C10H8N2S/c2*1-7-6-12-9-5-3-2-4-8(9)11-10(12)13-7/h2*2-5H,1,6H2. The maximum atomic E-state index is 4.51. The second-order valence-corrected chi connectivity index (χ2v) is 8.51. The number of hydrogen-bond acceptors (Lipinski definition) is 4. The summed E-state index contributed by atoms with van der Waals surface area (Å²) >= 11 is 3.35. The third kappa shape index (κ3) is 2.57. The Balaban J connectivity index is 0.000000115. The van der Waals surface area contributed by atoms with E-state index in [0.29, 0.717) is 0 Å². The number of hydrogen-bond donors (Lipinski definition) is 0. The van der Waals surface area contributed by atoms with Crippen LogP contribution in [0.25, 0.3) is 22.1 Å². The average molecular weight is 377 g/mol. The molecule has 0 atom stereocenters. The van der Waals surface area contributed by atoms with Gasteiger partial charge in [-0.25, -0.2) is 9.97 Å². The van der Waals surface area contributed by atoms with Crippen LogP contribution >= 0.6 is 23.5 Å². The van der Waals surface area contributed by atoms with Gasteiger partial charge in [0, 0.05) is 9.81 Å². The molecule has 0 N–H and O–H groups in total. The SMILES string of the molecule is C=C1Cn2c(nc3ccccc32)S1.C=C1Cn2c(nc3ccccc32)S1. The maximum absolute atomic E-state index is 4.51. The fraction of sp³-hybridized carbons (Fsp3) is 0.100. The smallest absolute Gasteiger partial charge is 0.173 e. The first kappa shape index (κ1) is 15.8. The molecule has 0 aliphatic carbocycles. The van der Waals surface area contributed by atoms with Gasteiger partial charge in [-0.3, -0.25) is 0 Å². The van der Waals surface area contributed by atoms with Gasteiger partial charge in [-0.15, -0.1) is 0 Å². The molecule has 0 bridgehead atoms. The Labute approximate surface area is 159 Å². The molecule has 128 valence electrons.